The van der Waals surface area contributed by atoms with Crippen molar-refractivity contribution in [1.82, 2.24) is 24.7 Å². The Morgan fingerprint density at radius 3 is 2.84 bits per heavy atom. The summed E-state index contributed by atoms with van der Waals surface area (Å²) in [6, 6.07) is 2.62. The molecule has 3 heterocycles. The highest BCUT2D eigenvalue weighted by Gasteiger charge is 2.29. The molecule has 4 rings (SSSR count). The number of nitrogen functional groups attached to an aromatic ring is 1. The van der Waals surface area contributed by atoms with E-state index in [-0.39, 0.29) is 29.4 Å². The summed E-state index contributed by atoms with van der Waals surface area (Å²) in [6.07, 6.45) is 5.80. The van der Waals surface area contributed by atoms with Crippen molar-refractivity contribution < 1.29 is 14.9 Å². The highest BCUT2D eigenvalue weighted by molar-refractivity contribution is 5.90. The second kappa shape index (κ2) is 6.17. The monoisotopic (exact) mass is 342 g/mol. The lowest BCUT2D eigenvalue weighted by Gasteiger charge is -2.27. The number of hydrogen-bond acceptors (Lipinski definition) is 8. The fourth-order valence-electron chi connectivity index (χ4n) is 3.20. The van der Waals surface area contributed by atoms with Crippen LogP contribution in [0.25, 0.3) is 11.0 Å². The van der Waals surface area contributed by atoms with E-state index in [1.807, 2.05) is 0 Å². The maximum absolute atomic E-state index is 10.4. The zero-order valence-corrected chi connectivity index (χ0v) is 13.4. The van der Waals surface area contributed by atoms with Gasteiger partial charge in [0.25, 0.3) is 5.88 Å². The van der Waals surface area contributed by atoms with Crippen LogP contribution in [0.2, 0.25) is 0 Å². The van der Waals surface area contributed by atoms with Gasteiger partial charge in [0.2, 0.25) is 5.88 Å². The number of pyridine rings is 1. The van der Waals surface area contributed by atoms with Crippen molar-refractivity contribution in [3.63, 3.8) is 0 Å². The average molecular weight is 342 g/mol. The van der Waals surface area contributed by atoms with Gasteiger partial charge in [0, 0.05) is 12.3 Å². The lowest BCUT2D eigenvalue weighted by Crippen LogP contribution is -2.28. The first-order chi connectivity index (χ1) is 12.1. The molecule has 9 nitrogen and oxygen atoms in total. The summed E-state index contributed by atoms with van der Waals surface area (Å²) < 4.78 is 7.38. The second-order valence-corrected chi connectivity index (χ2v) is 6.08. The van der Waals surface area contributed by atoms with Gasteiger partial charge in [-0.05, 0) is 18.9 Å². The molecule has 1 aliphatic rings. The van der Waals surface area contributed by atoms with Crippen LogP contribution in [-0.2, 0) is 0 Å². The van der Waals surface area contributed by atoms with Crippen LogP contribution in [0.15, 0.2) is 24.7 Å². The fraction of sp³-hybridized carbons (Fsp3) is 0.375. The Hall–Kier alpha value is -2.94. The van der Waals surface area contributed by atoms with Crippen LogP contribution in [0.4, 0.5) is 5.82 Å². The lowest BCUT2D eigenvalue weighted by atomic mass is 9.93. The predicted octanol–water partition coefficient (Wildman–Crippen LogP) is 1.78. The summed E-state index contributed by atoms with van der Waals surface area (Å²) >= 11 is 0. The largest absolute Gasteiger partial charge is 0.508 e. The highest BCUT2D eigenvalue weighted by Crippen LogP contribution is 2.36. The second-order valence-electron chi connectivity index (χ2n) is 6.08. The van der Waals surface area contributed by atoms with Crippen molar-refractivity contribution in [3.8, 4) is 17.5 Å². The van der Waals surface area contributed by atoms with Crippen LogP contribution in [0.5, 0.6) is 17.5 Å². The van der Waals surface area contributed by atoms with Gasteiger partial charge in [-0.2, -0.15) is 0 Å². The fourth-order valence-corrected chi connectivity index (χ4v) is 3.20. The van der Waals surface area contributed by atoms with E-state index in [4.69, 9.17) is 10.5 Å². The van der Waals surface area contributed by atoms with Gasteiger partial charge in [-0.1, -0.05) is 12.8 Å². The number of fused-ring (bicyclic) bond motifs is 1. The van der Waals surface area contributed by atoms with Gasteiger partial charge in [0.15, 0.2) is 5.65 Å². The van der Waals surface area contributed by atoms with Crippen LogP contribution in [0, 0.1) is 0 Å². The van der Waals surface area contributed by atoms with Crippen LogP contribution < -0.4 is 10.5 Å². The zero-order chi connectivity index (χ0) is 17.4. The minimum atomic E-state index is -0.500. The highest BCUT2D eigenvalue weighted by atomic mass is 16.5. The maximum atomic E-state index is 10.4. The lowest BCUT2D eigenvalue weighted by molar-refractivity contribution is 0.0708. The smallest absolute Gasteiger partial charge is 0.253 e. The van der Waals surface area contributed by atoms with E-state index < -0.39 is 6.10 Å². The Balaban J connectivity index is 1.81. The number of hydrogen-bond donors (Lipinski definition) is 3. The van der Waals surface area contributed by atoms with Crippen molar-refractivity contribution in [2.45, 2.75) is 37.8 Å². The van der Waals surface area contributed by atoms with E-state index in [2.05, 4.69) is 20.1 Å². The summed E-state index contributed by atoms with van der Waals surface area (Å²) in [5.41, 5.74) is 6.51. The molecule has 0 saturated heterocycles. The Kier molecular flexibility index (Phi) is 3.85. The summed E-state index contributed by atoms with van der Waals surface area (Å²) in [6.45, 7) is 0. The molecule has 0 amide bonds. The van der Waals surface area contributed by atoms with Gasteiger partial charge in [0.1, 0.15) is 23.3 Å². The molecule has 2 atom stereocenters. The first-order valence-electron chi connectivity index (χ1n) is 8.13. The van der Waals surface area contributed by atoms with E-state index in [1.54, 1.807) is 4.68 Å². The topological polar surface area (TPSA) is 132 Å². The van der Waals surface area contributed by atoms with Gasteiger partial charge in [-0.25, -0.2) is 19.6 Å². The number of aromatic hydroxyl groups is 1. The maximum Gasteiger partial charge on any atom is 0.253 e. The summed E-state index contributed by atoms with van der Waals surface area (Å²) in [7, 11) is 0. The molecule has 0 spiro atoms. The number of nitrogens with zero attached hydrogens (tertiary/aromatic N) is 5. The number of aliphatic hydroxyl groups excluding tert-OH is 1. The zero-order valence-electron chi connectivity index (χ0n) is 13.4. The molecule has 3 aromatic rings. The summed E-state index contributed by atoms with van der Waals surface area (Å²) in [5, 5.41) is 24.9. The summed E-state index contributed by atoms with van der Waals surface area (Å²) in [4.78, 5) is 12.3. The van der Waals surface area contributed by atoms with Gasteiger partial charge in [-0.3, -0.25) is 0 Å². The molecule has 3 aromatic heterocycles. The van der Waals surface area contributed by atoms with Crippen molar-refractivity contribution in [2.24, 2.45) is 0 Å². The van der Waals surface area contributed by atoms with E-state index in [0.717, 1.165) is 25.7 Å². The number of ether oxygens (including phenoxy) is 1. The molecule has 1 aliphatic carbocycles. The SMILES string of the molecule is Nc1ncnc2c1c(Oc1cc(O)ccn1)nn2[C@@H]1CCCC[C@H]1O. The van der Waals surface area contributed by atoms with Crippen LogP contribution in [0.1, 0.15) is 31.7 Å². The number of anilines is 1. The molecule has 130 valence electrons. The number of aliphatic hydroxyl groups is 1. The number of rotatable bonds is 3. The van der Waals surface area contributed by atoms with Gasteiger partial charge < -0.3 is 20.7 Å². The number of aromatic nitrogens is 5. The Morgan fingerprint density at radius 1 is 1.20 bits per heavy atom. The molecule has 9 heteroatoms. The van der Waals surface area contributed by atoms with Gasteiger partial charge in [0.05, 0.1) is 12.1 Å². The van der Waals surface area contributed by atoms with E-state index in [0.29, 0.717) is 11.0 Å². The van der Waals surface area contributed by atoms with Crippen molar-refractivity contribution in [2.75, 3.05) is 5.73 Å². The van der Waals surface area contributed by atoms with E-state index in [9.17, 15) is 10.2 Å². The van der Waals surface area contributed by atoms with Crippen LogP contribution in [0.3, 0.4) is 0 Å². The first-order valence-corrected chi connectivity index (χ1v) is 8.13. The molecule has 0 aliphatic heterocycles. The van der Waals surface area contributed by atoms with Crippen LogP contribution in [-0.4, -0.2) is 41.0 Å². The Morgan fingerprint density at radius 2 is 2.04 bits per heavy atom. The molecule has 4 N–H and O–H groups in total. The predicted molar refractivity (Wildman–Crippen MR) is 89.2 cm³/mol. The minimum absolute atomic E-state index is 0.0284. The summed E-state index contributed by atoms with van der Waals surface area (Å²) in [5.74, 6) is 0.639. The molecular formula is C16H18N6O3. The molecule has 0 bridgehead atoms. The van der Waals surface area contributed by atoms with Gasteiger partial charge in [-0.15, -0.1) is 5.10 Å². The van der Waals surface area contributed by atoms with Crippen molar-refractivity contribution in [1.29, 1.82) is 0 Å². The third-order valence-corrected chi connectivity index (χ3v) is 4.41. The normalized spacial score (nSPS) is 20.7. The first kappa shape index (κ1) is 15.6. The molecule has 1 fully saturated rings. The average Bonchev–Trinajstić information content (AvgIpc) is 2.95. The molecule has 1 saturated carbocycles. The molecule has 0 aromatic carbocycles. The molecule has 0 radical (unpaired) electrons. The van der Waals surface area contributed by atoms with E-state index >= 15 is 0 Å². The number of nitrogens with two attached hydrogens (primary N) is 1. The van der Waals surface area contributed by atoms with Gasteiger partial charge >= 0.3 is 0 Å². The standard InChI is InChI=1S/C16H18N6O3/c17-14-13-15(20-8-19-14)22(10-3-1-2-4-11(10)24)21-16(13)25-12-7-9(23)5-6-18-12/h5-8,10-11,24H,1-4H2,(H,18,23)(H2,17,19,20)/t10-,11-/m1/s1. The van der Waals surface area contributed by atoms with Crippen molar-refractivity contribution >= 4 is 16.9 Å². The molecule has 25 heavy (non-hydrogen) atoms. The van der Waals surface area contributed by atoms with E-state index in [1.165, 1.54) is 24.7 Å². The molecule has 0 unspecified atom stereocenters. The Bertz CT molecular complexity index is 912. The molecular weight excluding hydrogens is 324 g/mol. The quantitative estimate of drug-likeness (QED) is 0.656. The minimum Gasteiger partial charge on any atom is -0.508 e. The van der Waals surface area contributed by atoms with Crippen LogP contribution >= 0.6 is 0 Å². The van der Waals surface area contributed by atoms with Crippen molar-refractivity contribution in [3.05, 3.63) is 24.7 Å². The Labute approximate surface area is 143 Å². The third kappa shape index (κ3) is 2.82. The third-order valence-electron chi connectivity index (χ3n) is 4.41.